The van der Waals surface area contributed by atoms with Gasteiger partial charge in [0.1, 0.15) is 17.2 Å². The lowest BCUT2D eigenvalue weighted by Gasteiger charge is -2.34. The van der Waals surface area contributed by atoms with Gasteiger partial charge in [-0.1, -0.05) is 6.07 Å². The highest BCUT2D eigenvalue weighted by atomic mass is 32.1. The van der Waals surface area contributed by atoms with E-state index in [9.17, 15) is 23.1 Å². The fourth-order valence-corrected chi connectivity index (χ4v) is 4.67. The maximum Gasteiger partial charge on any atom is 0.393 e. The molecular formula is C21H24F3NO4S. The Labute approximate surface area is 177 Å². The number of rotatable bonds is 6. The van der Waals surface area contributed by atoms with Crippen molar-refractivity contribution < 1.29 is 32.5 Å². The number of amides is 1. The number of thiophene rings is 1. The first kappa shape index (κ1) is 22.3. The summed E-state index contributed by atoms with van der Waals surface area (Å²) in [5.74, 6) is -1.77. The van der Waals surface area contributed by atoms with E-state index in [1.807, 2.05) is 17.5 Å². The van der Waals surface area contributed by atoms with Gasteiger partial charge in [0, 0.05) is 48.0 Å². The second-order valence-electron chi connectivity index (χ2n) is 7.26. The predicted octanol–water partition coefficient (Wildman–Crippen LogP) is 4.79. The van der Waals surface area contributed by atoms with E-state index in [1.165, 1.54) is 36.5 Å². The largest absolute Gasteiger partial charge is 0.507 e. The van der Waals surface area contributed by atoms with Crippen LogP contribution in [0.25, 0.3) is 0 Å². The molecule has 30 heavy (non-hydrogen) atoms. The molecule has 1 amide bonds. The summed E-state index contributed by atoms with van der Waals surface area (Å²) in [6.07, 6.45) is -4.03. The molecule has 1 N–H and O–H groups in total. The molecule has 2 aromatic rings. The second-order valence-corrected chi connectivity index (χ2v) is 8.23. The van der Waals surface area contributed by atoms with Crippen molar-refractivity contribution in [2.75, 3.05) is 27.3 Å². The van der Waals surface area contributed by atoms with Crippen molar-refractivity contribution in [2.45, 2.75) is 31.4 Å². The number of phenols is 1. The first-order valence-corrected chi connectivity index (χ1v) is 10.4. The first-order valence-electron chi connectivity index (χ1n) is 9.57. The lowest BCUT2D eigenvalue weighted by atomic mass is 9.90. The standard InChI is InChI=1S/C21H24F3NO4S/c1-28-14-9-16(26)20(17(10-14)29-2)15(18-6-4-8-30-18)11-19(27)25-7-3-5-13(12-25)21(22,23)24/h4,6,8-10,13,15,26H,3,5,7,11-12H2,1-2H3. The summed E-state index contributed by atoms with van der Waals surface area (Å²) in [6.45, 7) is -0.0282. The van der Waals surface area contributed by atoms with Gasteiger partial charge in [0.05, 0.1) is 20.1 Å². The third-order valence-corrected chi connectivity index (χ3v) is 6.39. The van der Waals surface area contributed by atoms with Crippen molar-refractivity contribution in [3.05, 3.63) is 40.1 Å². The van der Waals surface area contributed by atoms with Gasteiger partial charge in [-0.25, -0.2) is 0 Å². The molecule has 0 aliphatic carbocycles. The Bertz CT molecular complexity index is 870. The summed E-state index contributed by atoms with van der Waals surface area (Å²) >= 11 is 1.41. The average Bonchev–Trinajstić information content (AvgIpc) is 3.25. The van der Waals surface area contributed by atoms with E-state index >= 15 is 0 Å². The van der Waals surface area contributed by atoms with Gasteiger partial charge in [0.25, 0.3) is 0 Å². The number of piperidine rings is 1. The van der Waals surface area contributed by atoms with Gasteiger partial charge in [0.15, 0.2) is 0 Å². The smallest absolute Gasteiger partial charge is 0.393 e. The van der Waals surface area contributed by atoms with Crippen LogP contribution >= 0.6 is 11.3 Å². The molecule has 1 saturated heterocycles. The minimum atomic E-state index is -4.32. The van der Waals surface area contributed by atoms with Crippen LogP contribution in [0.5, 0.6) is 17.2 Å². The molecule has 1 aliphatic rings. The summed E-state index contributed by atoms with van der Waals surface area (Å²) in [5, 5.41) is 12.5. The Balaban J connectivity index is 1.91. The van der Waals surface area contributed by atoms with Crippen LogP contribution in [0.1, 0.15) is 35.6 Å². The number of likely N-dealkylation sites (tertiary alicyclic amines) is 1. The SMILES string of the molecule is COc1cc(O)c(C(CC(=O)N2CCCC(C(F)(F)F)C2)c2cccs2)c(OC)c1. The van der Waals surface area contributed by atoms with Crippen molar-refractivity contribution in [3.8, 4) is 17.2 Å². The maximum absolute atomic E-state index is 13.2. The molecule has 1 aromatic heterocycles. The van der Waals surface area contributed by atoms with Crippen LogP contribution < -0.4 is 9.47 Å². The van der Waals surface area contributed by atoms with Crippen LogP contribution in [-0.4, -0.2) is 49.4 Å². The molecule has 0 bridgehead atoms. The molecule has 2 heterocycles. The number of carbonyl (C=O) groups excluding carboxylic acids is 1. The van der Waals surface area contributed by atoms with E-state index in [0.717, 1.165) is 4.88 Å². The normalized spacial score (nSPS) is 18.2. The molecule has 2 unspecified atom stereocenters. The molecule has 9 heteroatoms. The summed E-state index contributed by atoms with van der Waals surface area (Å²) in [5.41, 5.74) is 0.415. The van der Waals surface area contributed by atoms with Crippen LogP contribution in [0, 0.1) is 5.92 Å². The number of alkyl halides is 3. The lowest BCUT2D eigenvalue weighted by molar-refractivity contribution is -0.188. The highest BCUT2D eigenvalue weighted by molar-refractivity contribution is 7.10. The summed E-state index contributed by atoms with van der Waals surface area (Å²) in [6, 6.07) is 6.70. The Hall–Kier alpha value is -2.42. The topological polar surface area (TPSA) is 59.0 Å². The number of nitrogens with zero attached hydrogens (tertiary/aromatic N) is 1. The number of carbonyl (C=O) groups is 1. The number of aromatic hydroxyl groups is 1. The molecule has 0 radical (unpaired) electrons. The third-order valence-electron chi connectivity index (χ3n) is 5.40. The van der Waals surface area contributed by atoms with Crippen molar-refractivity contribution in [3.63, 3.8) is 0 Å². The number of hydrogen-bond acceptors (Lipinski definition) is 5. The van der Waals surface area contributed by atoms with E-state index in [4.69, 9.17) is 9.47 Å². The van der Waals surface area contributed by atoms with E-state index in [-0.39, 0.29) is 31.0 Å². The van der Waals surface area contributed by atoms with Gasteiger partial charge in [0.2, 0.25) is 5.91 Å². The zero-order valence-electron chi connectivity index (χ0n) is 16.7. The van der Waals surface area contributed by atoms with Gasteiger partial charge in [-0.05, 0) is 24.3 Å². The van der Waals surface area contributed by atoms with E-state index in [1.54, 1.807) is 6.07 Å². The maximum atomic E-state index is 13.2. The molecule has 0 saturated carbocycles. The monoisotopic (exact) mass is 443 g/mol. The Morgan fingerprint density at radius 2 is 2.10 bits per heavy atom. The summed E-state index contributed by atoms with van der Waals surface area (Å²) < 4.78 is 50.1. The fraction of sp³-hybridized carbons (Fsp3) is 0.476. The number of phenolic OH excluding ortho intramolecular Hbond substituents is 1. The molecule has 0 spiro atoms. The predicted molar refractivity (Wildman–Crippen MR) is 107 cm³/mol. The number of methoxy groups -OCH3 is 2. The fourth-order valence-electron chi connectivity index (χ4n) is 3.83. The van der Waals surface area contributed by atoms with Gasteiger partial charge < -0.3 is 19.5 Å². The van der Waals surface area contributed by atoms with Crippen molar-refractivity contribution in [1.29, 1.82) is 0 Å². The zero-order chi connectivity index (χ0) is 21.9. The number of hydrogen-bond donors (Lipinski definition) is 1. The Kier molecular flexibility index (Phi) is 6.80. The van der Waals surface area contributed by atoms with Crippen molar-refractivity contribution >= 4 is 17.2 Å². The van der Waals surface area contributed by atoms with Gasteiger partial charge in [-0.15, -0.1) is 11.3 Å². The van der Waals surface area contributed by atoms with E-state index < -0.39 is 18.0 Å². The van der Waals surface area contributed by atoms with Crippen molar-refractivity contribution in [2.24, 2.45) is 5.92 Å². The quantitative estimate of drug-likeness (QED) is 0.697. The van der Waals surface area contributed by atoms with Crippen LogP contribution in [0.3, 0.4) is 0 Å². The molecular weight excluding hydrogens is 419 g/mol. The first-order chi connectivity index (χ1) is 14.2. The molecule has 2 atom stereocenters. The minimum Gasteiger partial charge on any atom is -0.507 e. The number of halogens is 3. The van der Waals surface area contributed by atoms with Gasteiger partial charge >= 0.3 is 6.18 Å². The highest BCUT2D eigenvalue weighted by Gasteiger charge is 2.43. The highest BCUT2D eigenvalue weighted by Crippen LogP contribution is 2.44. The average molecular weight is 443 g/mol. The minimum absolute atomic E-state index is 0.0364. The lowest BCUT2D eigenvalue weighted by Crippen LogP contribution is -2.44. The Morgan fingerprint density at radius 1 is 1.33 bits per heavy atom. The van der Waals surface area contributed by atoms with Crippen LogP contribution in [-0.2, 0) is 4.79 Å². The molecule has 164 valence electrons. The summed E-state index contributed by atoms with van der Waals surface area (Å²) in [7, 11) is 2.91. The molecule has 1 fully saturated rings. The zero-order valence-corrected chi connectivity index (χ0v) is 17.6. The number of benzene rings is 1. The van der Waals surface area contributed by atoms with Crippen LogP contribution in [0.4, 0.5) is 13.2 Å². The van der Waals surface area contributed by atoms with Crippen LogP contribution in [0.2, 0.25) is 0 Å². The molecule has 5 nitrogen and oxygen atoms in total. The molecule has 3 rings (SSSR count). The van der Waals surface area contributed by atoms with Crippen LogP contribution in [0.15, 0.2) is 29.6 Å². The molecule has 1 aliphatic heterocycles. The molecule has 1 aromatic carbocycles. The summed E-state index contributed by atoms with van der Waals surface area (Å²) in [4.78, 5) is 15.1. The van der Waals surface area contributed by atoms with E-state index in [0.29, 0.717) is 30.0 Å². The van der Waals surface area contributed by atoms with Crippen molar-refractivity contribution in [1.82, 2.24) is 4.90 Å². The Morgan fingerprint density at radius 3 is 2.70 bits per heavy atom. The number of ether oxygens (including phenoxy) is 2. The second kappa shape index (κ2) is 9.16. The van der Waals surface area contributed by atoms with Gasteiger partial charge in [-0.2, -0.15) is 13.2 Å². The third kappa shape index (κ3) is 4.83. The van der Waals surface area contributed by atoms with Gasteiger partial charge in [-0.3, -0.25) is 4.79 Å². The van der Waals surface area contributed by atoms with E-state index in [2.05, 4.69) is 0 Å².